The predicted octanol–water partition coefficient (Wildman–Crippen LogP) is 2.04. The van der Waals surface area contributed by atoms with Crippen LogP contribution < -0.4 is 4.90 Å². The molecule has 1 aromatic rings. The second-order valence-electron chi connectivity index (χ2n) is 3.41. The van der Waals surface area contributed by atoms with Gasteiger partial charge in [-0.1, -0.05) is 13.0 Å². The van der Waals surface area contributed by atoms with Gasteiger partial charge < -0.3 is 9.80 Å². The Morgan fingerprint density at radius 3 is 3.00 bits per heavy atom. The highest BCUT2D eigenvalue weighted by Crippen LogP contribution is 2.15. The summed E-state index contributed by atoms with van der Waals surface area (Å²) in [5, 5.41) is 0. The first-order chi connectivity index (χ1) is 6.90. The van der Waals surface area contributed by atoms with E-state index in [1.165, 1.54) is 6.42 Å². The van der Waals surface area contributed by atoms with Crippen molar-refractivity contribution in [2.75, 3.05) is 18.1 Å². The highest BCUT2D eigenvalue weighted by atomic mass is 15.4. The van der Waals surface area contributed by atoms with Crippen molar-refractivity contribution in [3.8, 4) is 0 Å². The second-order valence-corrected chi connectivity index (χ2v) is 3.41. The smallest absolute Gasteiger partial charge is 0.133 e. The van der Waals surface area contributed by atoms with Gasteiger partial charge >= 0.3 is 0 Å². The Labute approximate surface area is 84.7 Å². The maximum absolute atomic E-state index is 4.30. The number of hydrogen-bond donors (Lipinski definition) is 0. The van der Waals surface area contributed by atoms with Gasteiger partial charge in [0.2, 0.25) is 0 Å². The lowest BCUT2D eigenvalue weighted by Crippen LogP contribution is -2.25. The molecule has 14 heavy (non-hydrogen) atoms. The molecule has 0 unspecified atom stereocenters. The number of pyridine rings is 1. The van der Waals surface area contributed by atoms with E-state index in [1.54, 1.807) is 0 Å². The summed E-state index contributed by atoms with van der Waals surface area (Å²) in [5.74, 6) is 1.02. The molecule has 0 atom stereocenters. The van der Waals surface area contributed by atoms with E-state index in [0.717, 1.165) is 19.0 Å². The van der Waals surface area contributed by atoms with Crippen LogP contribution in [0.5, 0.6) is 0 Å². The van der Waals surface area contributed by atoms with Gasteiger partial charge in [0, 0.05) is 25.1 Å². The van der Waals surface area contributed by atoms with E-state index in [2.05, 4.69) is 34.1 Å². The lowest BCUT2D eigenvalue weighted by molar-refractivity contribution is 0.405. The van der Waals surface area contributed by atoms with Crippen molar-refractivity contribution in [2.45, 2.75) is 13.3 Å². The zero-order chi connectivity index (χ0) is 9.80. The molecule has 1 aromatic heterocycles. The lowest BCUT2D eigenvalue weighted by Gasteiger charge is -2.19. The topological polar surface area (TPSA) is 19.4 Å². The van der Waals surface area contributed by atoms with E-state index in [4.69, 9.17) is 0 Å². The normalized spacial score (nSPS) is 15.2. The molecule has 0 bridgehead atoms. The summed E-state index contributed by atoms with van der Waals surface area (Å²) in [5.41, 5.74) is 0. The molecule has 0 aliphatic carbocycles. The average Bonchev–Trinajstić information content (AvgIpc) is 2.68. The van der Waals surface area contributed by atoms with Crippen molar-refractivity contribution >= 4 is 5.82 Å². The summed E-state index contributed by atoms with van der Waals surface area (Å²) in [6.45, 7) is 4.22. The third kappa shape index (κ3) is 1.87. The molecule has 0 fully saturated rings. The molecule has 1 aliphatic rings. The predicted molar refractivity (Wildman–Crippen MR) is 57.7 cm³/mol. The molecule has 2 heterocycles. The molecule has 0 amide bonds. The van der Waals surface area contributed by atoms with Gasteiger partial charge in [-0.05, 0) is 18.6 Å². The monoisotopic (exact) mass is 189 g/mol. The fourth-order valence-electron chi connectivity index (χ4n) is 1.57. The molecule has 1 aliphatic heterocycles. The van der Waals surface area contributed by atoms with Crippen LogP contribution in [0.15, 0.2) is 36.8 Å². The molecule has 2 rings (SSSR count). The van der Waals surface area contributed by atoms with Crippen LogP contribution in [0.1, 0.15) is 13.3 Å². The standard InChI is InChI=1S/C11H15N3/c1-2-7-13-8-9-14(10-13)11-5-3-4-6-12-11/h3-6,8-9H,2,7,10H2,1H3. The number of nitrogens with zero attached hydrogens (tertiary/aromatic N) is 3. The van der Waals surface area contributed by atoms with E-state index in [0.29, 0.717) is 0 Å². The van der Waals surface area contributed by atoms with Crippen LogP contribution in [0.25, 0.3) is 0 Å². The zero-order valence-electron chi connectivity index (χ0n) is 8.43. The first-order valence-electron chi connectivity index (χ1n) is 5.00. The molecule has 74 valence electrons. The van der Waals surface area contributed by atoms with E-state index >= 15 is 0 Å². The third-order valence-corrected chi connectivity index (χ3v) is 2.25. The minimum Gasteiger partial charge on any atom is -0.358 e. The largest absolute Gasteiger partial charge is 0.358 e. The van der Waals surface area contributed by atoms with Crippen molar-refractivity contribution in [1.82, 2.24) is 9.88 Å². The summed E-state index contributed by atoms with van der Waals surface area (Å²) < 4.78 is 0. The Balaban J connectivity index is 2.00. The highest BCUT2D eigenvalue weighted by molar-refractivity contribution is 5.42. The van der Waals surface area contributed by atoms with Crippen molar-refractivity contribution in [3.05, 3.63) is 36.8 Å². The van der Waals surface area contributed by atoms with Gasteiger partial charge in [0.15, 0.2) is 0 Å². The van der Waals surface area contributed by atoms with Crippen LogP contribution in [-0.2, 0) is 0 Å². The molecule has 0 spiro atoms. The Bertz CT molecular complexity index is 308. The molecule has 3 heteroatoms. The Morgan fingerprint density at radius 1 is 1.36 bits per heavy atom. The van der Waals surface area contributed by atoms with Crippen LogP contribution in [-0.4, -0.2) is 23.1 Å². The van der Waals surface area contributed by atoms with E-state index in [9.17, 15) is 0 Å². The van der Waals surface area contributed by atoms with Crippen LogP contribution >= 0.6 is 0 Å². The molecule has 0 saturated heterocycles. The quantitative estimate of drug-likeness (QED) is 0.725. The Morgan fingerprint density at radius 2 is 2.29 bits per heavy atom. The van der Waals surface area contributed by atoms with Crippen LogP contribution in [0.3, 0.4) is 0 Å². The zero-order valence-corrected chi connectivity index (χ0v) is 8.43. The van der Waals surface area contributed by atoms with Crippen LogP contribution in [0, 0.1) is 0 Å². The minimum absolute atomic E-state index is 0.921. The maximum Gasteiger partial charge on any atom is 0.133 e. The van der Waals surface area contributed by atoms with E-state index in [1.807, 2.05) is 24.4 Å². The average molecular weight is 189 g/mol. The first-order valence-corrected chi connectivity index (χ1v) is 5.00. The van der Waals surface area contributed by atoms with E-state index in [-0.39, 0.29) is 0 Å². The molecule has 0 aromatic carbocycles. The van der Waals surface area contributed by atoms with Crippen LogP contribution in [0.2, 0.25) is 0 Å². The summed E-state index contributed by atoms with van der Waals surface area (Å²) >= 11 is 0. The van der Waals surface area contributed by atoms with Crippen molar-refractivity contribution in [2.24, 2.45) is 0 Å². The van der Waals surface area contributed by atoms with Gasteiger partial charge in [-0.25, -0.2) is 4.98 Å². The number of anilines is 1. The van der Waals surface area contributed by atoms with Crippen molar-refractivity contribution < 1.29 is 0 Å². The number of aromatic nitrogens is 1. The lowest BCUT2D eigenvalue weighted by atomic mass is 10.4. The number of rotatable bonds is 3. The summed E-state index contributed by atoms with van der Waals surface area (Å²) in [6, 6.07) is 5.98. The molecule has 3 nitrogen and oxygen atoms in total. The van der Waals surface area contributed by atoms with Crippen molar-refractivity contribution in [1.29, 1.82) is 0 Å². The third-order valence-electron chi connectivity index (χ3n) is 2.25. The molecular formula is C11H15N3. The summed E-state index contributed by atoms with van der Waals surface area (Å²) in [7, 11) is 0. The van der Waals surface area contributed by atoms with Gasteiger partial charge in [0.05, 0.1) is 6.67 Å². The SMILES string of the molecule is CCCN1C=CN(c2ccccn2)C1. The molecule has 0 saturated carbocycles. The molecule has 0 N–H and O–H groups in total. The molecular weight excluding hydrogens is 174 g/mol. The summed E-state index contributed by atoms with van der Waals surface area (Å²) in [4.78, 5) is 8.74. The van der Waals surface area contributed by atoms with Gasteiger partial charge in [0.1, 0.15) is 5.82 Å². The van der Waals surface area contributed by atoms with Gasteiger partial charge in [-0.3, -0.25) is 0 Å². The molecule has 0 radical (unpaired) electrons. The number of hydrogen-bond acceptors (Lipinski definition) is 3. The fourth-order valence-corrected chi connectivity index (χ4v) is 1.57. The van der Waals surface area contributed by atoms with Crippen molar-refractivity contribution in [3.63, 3.8) is 0 Å². The van der Waals surface area contributed by atoms with Crippen LogP contribution in [0.4, 0.5) is 5.82 Å². The van der Waals surface area contributed by atoms with Gasteiger partial charge in [-0.2, -0.15) is 0 Å². The first kappa shape index (κ1) is 9.06. The highest BCUT2D eigenvalue weighted by Gasteiger charge is 2.12. The fraction of sp³-hybridized carbons (Fsp3) is 0.364. The van der Waals surface area contributed by atoms with Gasteiger partial charge in [-0.15, -0.1) is 0 Å². The van der Waals surface area contributed by atoms with E-state index < -0.39 is 0 Å². The Hall–Kier alpha value is -1.51. The second kappa shape index (κ2) is 4.13. The summed E-state index contributed by atoms with van der Waals surface area (Å²) in [6.07, 6.45) is 7.21. The minimum atomic E-state index is 0.921. The Kier molecular flexibility index (Phi) is 2.68. The maximum atomic E-state index is 4.30. The van der Waals surface area contributed by atoms with Gasteiger partial charge in [0.25, 0.3) is 0 Å².